The van der Waals surface area contributed by atoms with Gasteiger partial charge < -0.3 is 14.3 Å². The summed E-state index contributed by atoms with van der Waals surface area (Å²) in [6, 6.07) is 20.2. The average Bonchev–Trinajstić information content (AvgIpc) is 2.86. The van der Waals surface area contributed by atoms with Gasteiger partial charge in [0.15, 0.2) is 0 Å². The molecule has 3 aromatic rings. The molecule has 4 heteroatoms. The van der Waals surface area contributed by atoms with Crippen LogP contribution in [0.2, 0.25) is 5.02 Å². The zero-order valence-electron chi connectivity index (χ0n) is 16.5. The van der Waals surface area contributed by atoms with Crippen molar-refractivity contribution in [3.05, 3.63) is 87.9 Å². The number of carbonyl (C=O) groups excluding carboxylic acids is 1. The molecule has 0 aromatic heterocycles. The van der Waals surface area contributed by atoms with Crippen LogP contribution in [-0.4, -0.2) is 13.4 Å². The molecule has 29 heavy (non-hydrogen) atoms. The third kappa shape index (κ3) is 3.68. The molecule has 0 bridgehead atoms. The van der Waals surface area contributed by atoms with Gasteiger partial charge in [-0.15, -0.1) is 0 Å². The molecule has 0 spiro atoms. The zero-order chi connectivity index (χ0) is 20.4. The Morgan fingerprint density at radius 3 is 2.55 bits per heavy atom. The van der Waals surface area contributed by atoms with E-state index >= 15 is 0 Å². The minimum Gasteiger partial charge on any atom is -0.496 e. The Kier molecular flexibility index (Phi) is 5.70. The van der Waals surface area contributed by atoms with Crippen molar-refractivity contribution in [2.75, 3.05) is 7.11 Å². The lowest BCUT2D eigenvalue weighted by Gasteiger charge is -2.26. The summed E-state index contributed by atoms with van der Waals surface area (Å²) in [6.45, 7) is 2.02. The first-order valence-corrected chi connectivity index (χ1v) is 10.1. The van der Waals surface area contributed by atoms with Gasteiger partial charge in [-0.1, -0.05) is 60.1 Å². The van der Waals surface area contributed by atoms with Crippen LogP contribution in [0.4, 0.5) is 0 Å². The van der Waals surface area contributed by atoms with E-state index < -0.39 is 0 Å². The Balaban J connectivity index is 1.96. The fourth-order valence-corrected chi connectivity index (χ4v) is 4.35. The molecule has 3 aromatic carbocycles. The van der Waals surface area contributed by atoms with Crippen LogP contribution in [0.5, 0.6) is 5.75 Å². The summed E-state index contributed by atoms with van der Waals surface area (Å²) >= 11 is 6.40. The van der Waals surface area contributed by atoms with Gasteiger partial charge in [-0.2, -0.15) is 0 Å². The highest BCUT2D eigenvalue weighted by Crippen LogP contribution is 2.48. The Labute approximate surface area is 176 Å². The van der Waals surface area contributed by atoms with Crippen LogP contribution < -0.4 is 4.74 Å². The van der Waals surface area contributed by atoms with E-state index in [9.17, 15) is 4.79 Å². The van der Waals surface area contributed by atoms with Gasteiger partial charge in [0, 0.05) is 17.0 Å². The number of hydrogen-bond acceptors (Lipinski definition) is 3. The van der Waals surface area contributed by atoms with E-state index in [1.165, 1.54) is 0 Å². The number of methoxy groups -OCH3 is 1. The average molecular weight is 407 g/mol. The summed E-state index contributed by atoms with van der Waals surface area (Å²) in [5.74, 6) is 0.809. The number of para-hydroxylation sites is 1. The number of benzene rings is 3. The molecule has 148 valence electrons. The third-order valence-corrected chi connectivity index (χ3v) is 5.71. The normalized spacial score (nSPS) is 17.8. The van der Waals surface area contributed by atoms with Gasteiger partial charge in [0.2, 0.25) is 0 Å². The summed E-state index contributed by atoms with van der Waals surface area (Å²) < 4.78 is 12.4. The second-order valence-corrected chi connectivity index (χ2v) is 7.70. The molecular formula is C25H23ClO3. The van der Waals surface area contributed by atoms with Crippen molar-refractivity contribution in [2.45, 2.75) is 32.0 Å². The fourth-order valence-electron chi connectivity index (χ4n) is 4.17. The maximum Gasteiger partial charge on any atom is 0.127 e. The number of rotatable bonds is 5. The van der Waals surface area contributed by atoms with Crippen molar-refractivity contribution in [1.82, 2.24) is 0 Å². The number of halogens is 1. The molecule has 0 saturated heterocycles. The largest absolute Gasteiger partial charge is 0.496 e. The van der Waals surface area contributed by atoms with Crippen molar-refractivity contribution in [2.24, 2.45) is 0 Å². The summed E-state index contributed by atoms with van der Waals surface area (Å²) in [5.41, 5.74) is 6.30. The molecule has 1 aliphatic heterocycles. The Hall–Kier alpha value is -2.62. The molecule has 1 aliphatic rings. The molecule has 1 heterocycles. The molecule has 0 saturated carbocycles. The predicted octanol–water partition coefficient (Wildman–Crippen LogP) is 6.46. The van der Waals surface area contributed by atoms with Crippen LogP contribution in [0.15, 0.2) is 60.7 Å². The molecule has 2 atom stereocenters. The van der Waals surface area contributed by atoms with Gasteiger partial charge in [-0.25, -0.2) is 0 Å². The first-order valence-electron chi connectivity index (χ1n) is 9.75. The third-order valence-electron chi connectivity index (χ3n) is 5.47. The summed E-state index contributed by atoms with van der Waals surface area (Å²) in [5, 5.41) is 0.660. The number of fused-ring (bicyclic) bond motifs is 3. The van der Waals surface area contributed by atoms with Crippen LogP contribution in [0, 0.1) is 6.92 Å². The van der Waals surface area contributed by atoms with Crippen molar-refractivity contribution < 1.29 is 14.3 Å². The Morgan fingerprint density at radius 1 is 1.00 bits per heavy atom. The van der Waals surface area contributed by atoms with Crippen molar-refractivity contribution in [3.8, 4) is 16.9 Å². The second-order valence-electron chi connectivity index (χ2n) is 7.26. The number of aryl methyl sites for hydroxylation is 1. The monoisotopic (exact) mass is 406 g/mol. The van der Waals surface area contributed by atoms with Gasteiger partial charge in [0.1, 0.15) is 18.1 Å². The summed E-state index contributed by atoms with van der Waals surface area (Å²) in [4.78, 5) is 11.1. The quantitative estimate of drug-likeness (QED) is 0.456. The van der Waals surface area contributed by atoms with Crippen molar-refractivity contribution >= 4 is 17.9 Å². The van der Waals surface area contributed by atoms with Crippen LogP contribution in [-0.2, 0) is 9.53 Å². The van der Waals surface area contributed by atoms with E-state index in [2.05, 4.69) is 18.2 Å². The standard InChI is InChI=1S/C25H23ClO3/c1-16-7-5-10-21(24(16)28-2)25-22-15-17(26)12-13-19(22)18-8-3-4-9-20(18)23(29-25)11-6-14-27/h3-5,7-10,12-15,23,25H,6,11H2,1-2H3. The lowest BCUT2D eigenvalue weighted by molar-refractivity contribution is -0.108. The zero-order valence-corrected chi connectivity index (χ0v) is 17.3. The minimum absolute atomic E-state index is 0.210. The highest BCUT2D eigenvalue weighted by Gasteiger charge is 2.32. The lowest BCUT2D eigenvalue weighted by Crippen LogP contribution is -2.12. The molecule has 0 radical (unpaired) electrons. The summed E-state index contributed by atoms with van der Waals surface area (Å²) in [7, 11) is 1.68. The maximum absolute atomic E-state index is 11.1. The van der Waals surface area contributed by atoms with Gasteiger partial charge in [-0.3, -0.25) is 0 Å². The Bertz CT molecular complexity index is 1040. The van der Waals surface area contributed by atoms with E-state index in [4.69, 9.17) is 21.1 Å². The van der Waals surface area contributed by atoms with Gasteiger partial charge in [-0.05, 0) is 53.3 Å². The van der Waals surface area contributed by atoms with E-state index in [0.717, 1.165) is 45.4 Å². The maximum atomic E-state index is 11.1. The molecule has 4 rings (SSSR count). The van der Waals surface area contributed by atoms with Crippen molar-refractivity contribution in [1.29, 1.82) is 0 Å². The highest BCUT2D eigenvalue weighted by molar-refractivity contribution is 6.30. The van der Waals surface area contributed by atoms with Crippen LogP contribution in [0.25, 0.3) is 11.1 Å². The first kappa shape index (κ1) is 19.7. The minimum atomic E-state index is -0.359. The molecule has 3 nitrogen and oxygen atoms in total. The number of carbonyl (C=O) groups is 1. The predicted molar refractivity (Wildman–Crippen MR) is 116 cm³/mol. The Morgan fingerprint density at radius 2 is 1.76 bits per heavy atom. The molecule has 0 aliphatic carbocycles. The van der Waals surface area contributed by atoms with E-state index in [0.29, 0.717) is 17.9 Å². The van der Waals surface area contributed by atoms with E-state index in [1.807, 2.05) is 49.4 Å². The fraction of sp³-hybridized carbons (Fsp3) is 0.240. The molecular weight excluding hydrogens is 384 g/mol. The van der Waals surface area contributed by atoms with Crippen LogP contribution in [0.1, 0.15) is 47.3 Å². The number of hydrogen-bond donors (Lipinski definition) is 0. The van der Waals surface area contributed by atoms with Gasteiger partial charge in [0.25, 0.3) is 0 Å². The lowest BCUT2D eigenvalue weighted by atomic mass is 9.90. The second kappa shape index (κ2) is 8.40. The first-order chi connectivity index (χ1) is 14.1. The number of ether oxygens (including phenoxy) is 2. The summed E-state index contributed by atoms with van der Waals surface area (Å²) in [6.07, 6.45) is 1.43. The van der Waals surface area contributed by atoms with E-state index in [1.54, 1.807) is 7.11 Å². The van der Waals surface area contributed by atoms with Crippen LogP contribution in [0.3, 0.4) is 0 Å². The smallest absolute Gasteiger partial charge is 0.127 e. The molecule has 0 amide bonds. The highest BCUT2D eigenvalue weighted by atomic mass is 35.5. The molecule has 2 unspecified atom stereocenters. The van der Waals surface area contributed by atoms with E-state index in [-0.39, 0.29) is 12.2 Å². The van der Waals surface area contributed by atoms with Crippen molar-refractivity contribution in [3.63, 3.8) is 0 Å². The van der Waals surface area contributed by atoms with Crippen LogP contribution >= 0.6 is 11.6 Å². The molecule has 0 fully saturated rings. The SMILES string of the molecule is COc1c(C)cccc1C1OC(CCC=O)c2ccccc2-c2ccc(Cl)cc21. The van der Waals surface area contributed by atoms with Gasteiger partial charge >= 0.3 is 0 Å². The topological polar surface area (TPSA) is 35.5 Å². The number of aldehydes is 1. The molecule has 0 N–H and O–H groups in total. The van der Waals surface area contributed by atoms with Gasteiger partial charge in [0.05, 0.1) is 13.2 Å².